The molecule has 0 aliphatic rings. The van der Waals surface area contributed by atoms with Crippen LogP contribution in [0, 0.1) is 6.92 Å². The standard InChI is InChI=1S/C14H16F3N3O/c1-3-10(21)8-20-13(18-9(2)19-20)11-6-4-5-7-12(11)14(15,16)17/h4-7,10,21H,3,8H2,1-2H3. The molecular formula is C14H16F3N3O. The third kappa shape index (κ3) is 3.41. The quantitative estimate of drug-likeness (QED) is 0.944. The zero-order valence-corrected chi connectivity index (χ0v) is 11.7. The lowest BCUT2D eigenvalue weighted by atomic mass is 10.1. The lowest BCUT2D eigenvalue weighted by Crippen LogP contribution is -2.17. The van der Waals surface area contributed by atoms with Crippen LogP contribution in [-0.4, -0.2) is 26.0 Å². The number of hydrogen-bond donors (Lipinski definition) is 1. The SMILES string of the molecule is CCC(O)Cn1nc(C)nc1-c1ccccc1C(F)(F)F. The molecular weight excluding hydrogens is 283 g/mol. The summed E-state index contributed by atoms with van der Waals surface area (Å²) >= 11 is 0. The second-order valence-corrected chi connectivity index (χ2v) is 4.77. The molecule has 0 saturated carbocycles. The van der Waals surface area contributed by atoms with E-state index >= 15 is 0 Å². The van der Waals surface area contributed by atoms with Crippen LogP contribution in [0.1, 0.15) is 24.7 Å². The van der Waals surface area contributed by atoms with Gasteiger partial charge in [0.05, 0.1) is 18.2 Å². The van der Waals surface area contributed by atoms with Gasteiger partial charge in [-0.15, -0.1) is 0 Å². The van der Waals surface area contributed by atoms with Gasteiger partial charge in [0.2, 0.25) is 0 Å². The fraction of sp³-hybridized carbons (Fsp3) is 0.429. The van der Waals surface area contributed by atoms with Crippen LogP contribution in [-0.2, 0) is 12.7 Å². The number of aliphatic hydroxyl groups excluding tert-OH is 1. The number of rotatable bonds is 4. The van der Waals surface area contributed by atoms with E-state index in [-0.39, 0.29) is 17.9 Å². The van der Waals surface area contributed by atoms with E-state index < -0.39 is 17.8 Å². The van der Waals surface area contributed by atoms with Gasteiger partial charge in [-0.2, -0.15) is 18.3 Å². The van der Waals surface area contributed by atoms with Crippen molar-refractivity contribution in [2.24, 2.45) is 0 Å². The monoisotopic (exact) mass is 299 g/mol. The summed E-state index contributed by atoms with van der Waals surface area (Å²) in [6, 6.07) is 5.23. The molecule has 0 fully saturated rings. The van der Waals surface area contributed by atoms with Crippen LogP contribution < -0.4 is 0 Å². The van der Waals surface area contributed by atoms with Crippen molar-refractivity contribution < 1.29 is 18.3 Å². The number of hydrogen-bond acceptors (Lipinski definition) is 3. The summed E-state index contributed by atoms with van der Waals surface area (Å²) < 4.78 is 40.6. The molecule has 1 aromatic heterocycles. The van der Waals surface area contributed by atoms with E-state index in [0.29, 0.717) is 12.2 Å². The molecule has 1 atom stereocenters. The molecule has 0 saturated heterocycles. The molecule has 1 unspecified atom stereocenters. The van der Waals surface area contributed by atoms with Crippen LogP contribution in [0.15, 0.2) is 24.3 Å². The summed E-state index contributed by atoms with van der Waals surface area (Å²) in [4.78, 5) is 4.08. The number of halogens is 3. The van der Waals surface area contributed by atoms with Crippen molar-refractivity contribution in [1.82, 2.24) is 14.8 Å². The molecule has 0 radical (unpaired) electrons. The Kier molecular flexibility index (Phi) is 4.32. The normalized spacial score (nSPS) is 13.4. The molecule has 114 valence electrons. The van der Waals surface area contributed by atoms with Gasteiger partial charge >= 0.3 is 6.18 Å². The molecule has 2 aromatic rings. The number of alkyl halides is 3. The topological polar surface area (TPSA) is 50.9 Å². The van der Waals surface area contributed by atoms with Crippen LogP contribution in [0.4, 0.5) is 13.2 Å². The predicted octanol–water partition coefficient (Wildman–Crippen LogP) is 3.04. The minimum absolute atomic E-state index is 0.0334. The third-order valence-electron chi connectivity index (χ3n) is 3.11. The molecule has 7 heteroatoms. The molecule has 0 bridgehead atoms. The average Bonchev–Trinajstić information content (AvgIpc) is 2.78. The Morgan fingerprint density at radius 3 is 2.57 bits per heavy atom. The van der Waals surface area contributed by atoms with Crippen molar-refractivity contribution in [3.05, 3.63) is 35.7 Å². The Morgan fingerprint density at radius 2 is 1.95 bits per heavy atom. The van der Waals surface area contributed by atoms with E-state index in [9.17, 15) is 18.3 Å². The van der Waals surface area contributed by atoms with Crippen LogP contribution >= 0.6 is 0 Å². The van der Waals surface area contributed by atoms with Crippen molar-refractivity contribution >= 4 is 0 Å². The van der Waals surface area contributed by atoms with Crippen LogP contribution in [0.25, 0.3) is 11.4 Å². The lowest BCUT2D eigenvalue weighted by Gasteiger charge is -2.14. The summed E-state index contributed by atoms with van der Waals surface area (Å²) in [5, 5.41) is 13.8. The Balaban J connectivity index is 2.53. The van der Waals surface area contributed by atoms with Gasteiger partial charge in [-0.25, -0.2) is 9.67 Å². The number of aliphatic hydroxyl groups is 1. The maximum absolute atomic E-state index is 13.1. The predicted molar refractivity (Wildman–Crippen MR) is 71.5 cm³/mol. The Labute approximate surface area is 120 Å². The minimum Gasteiger partial charge on any atom is -0.391 e. The molecule has 1 N–H and O–H groups in total. The highest BCUT2D eigenvalue weighted by Gasteiger charge is 2.34. The van der Waals surface area contributed by atoms with Crippen LogP contribution in [0.3, 0.4) is 0 Å². The molecule has 0 aliphatic carbocycles. The second kappa shape index (κ2) is 5.85. The van der Waals surface area contributed by atoms with Gasteiger partial charge in [0.15, 0.2) is 5.82 Å². The molecule has 1 aromatic carbocycles. The average molecular weight is 299 g/mol. The van der Waals surface area contributed by atoms with Gasteiger partial charge in [0, 0.05) is 5.56 Å². The first-order valence-corrected chi connectivity index (χ1v) is 6.59. The van der Waals surface area contributed by atoms with Gasteiger partial charge < -0.3 is 5.11 Å². The largest absolute Gasteiger partial charge is 0.417 e. The van der Waals surface area contributed by atoms with Crippen molar-refractivity contribution in [3.8, 4) is 11.4 Å². The highest BCUT2D eigenvalue weighted by atomic mass is 19.4. The maximum atomic E-state index is 13.1. The fourth-order valence-corrected chi connectivity index (χ4v) is 2.04. The zero-order valence-electron chi connectivity index (χ0n) is 11.7. The van der Waals surface area contributed by atoms with Gasteiger partial charge in [-0.1, -0.05) is 25.1 Å². The molecule has 2 rings (SSSR count). The first kappa shape index (κ1) is 15.5. The zero-order chi connectivity index (χ0) is 15.6. The van der Waals surface area contributed by atoms with Gasteiger partial charge in [-0.05, 0) is 19.4 Å². The summed E-state index contributed by atoms with van der Waals surface area (Å²) in [7, 11) is 0. The van der Waals surface area contributed by atoms with E-state index in [2.05, 4.69) is 10.1 Å². The van der Waals surface area contributed by atoms with Crippen molar-refractivity contribution in [3.63, 3.8) is 0 Å². The second-order valence-electron chi connectivity index (χ2n) is 4.77. The summed E-state index contributed by atoms with van der Waals surface area (Å²) in [6.45, 7) is 3.51. The van der Waals surface area contributed by atoms with Crippen molar-refractivity contribution in [2.75, 3.05) is 0 Å². The van der Waals surface area contributed by atoms with Gasteiger partial charge in [0.1, 0.15) is 5.82 Å². The fourth-order valence-electron chi connectivity index (χ4n) is 2.04. The van der Waals surface area contributed by atoms with E-state index in [1.54, 1.807) is 13.8 Å². The Morgan fingerprint density at radius 1 is 1.29 bits per heavy atom. The number of aromatic nitrogens is 3. The first-order valence-electron chi connectivity index (χ1n) is 6.59. The molecule has 1 heterocycles. The number of aryl methyl sites for hydroxylation is 1. The maximum Gasteiger partial charge on any atom is 0.417 e. The van der Waals surface area contributed by atoms with E-state index in [4.69, 9.17) is 0 Å². The molecule has 21 heavy (non-hydrogen) atoms. The van der Waals surface area contributed by atoms with E-state index in [0.717, 1.165) is 6.07 Å². The third-order valence-corrected chi connectivity index (χ3v) is 3.11. The Bertz CT molecular complexity index is 622. The number of benzene rings is 1. The van der Waals surface area contributed by atoms with Crippen LogP contribution in [0.5, 0.6) is 0 Å². The molecule has 0 aliphatic heterocycles. The summed E-state index contributed by atoms with van der Waals surface area (Å²) in [6.07, 6.45) is -4.66. The van der Waals surface area contributed by atoms with E-state index in [1.165, 1.54) is 22.9 Å². The van der Waals surface area contributed by atoms with E-state index in [1.807, 2.05) is 0 Å². The van der Waals surface area contributed by atoms with Gasteiger partial charge in [0.25, 0.3) is 0 Å². The minimum atomic E-state index is -4.47. The Hall–Kier alpha value is -1.89. The number of nitrogens with zero attached hydrogens (tertiary/aromatic N) is 3. The van der Waals surface area contributed by atoms with Crippen molar-refractivity contribution in [1.29, 1.82) is 0 Å². The highest BCUT2D eigenvalue weighted by molar-refractivity contribution is 5.61. The lowest BCUT2D eigenvalue weighted by molar-refractivity contribution is -0.137. The van der Waals surface area contributed by atoms with Gasteiger partial charge in [-0.3, -0.25) is 0 Å². The smallest absolute Gasteiger partial charge is 0.391 e. The molecule has 4 nitrogen and oxygen atoms in total. The molecule has 0 amide bonds. The highest BCUT2D eigenvalue weighted by Crippen LogP contribution is 2.36. The summed E-state index contributed by atoms with van der Waals surface area (Å²) in [5.41, 5.74) is -0.793. The van der Waals surface area contributed by atoms with Crippen molar-refractivity contribution in [2.45, 2.75) is 39.1 Å². The first-order chi connectivity index (χ1) is 9.82. The molecule has 0 spiro atoms. The summed E-state index contributed by atoms with van der Waals surface area (Å²) in [5.74, 6) is 0.484. The van der Waals surface area contributed by atoms with Crippen LogP contribution in [0.2, 0.25) is 0 Å².